The fourth-order valence-electron chi connectivity index (χ4n) is 3.67. The van der Waals surface area contributed by atoms with Gasteiger partial charge in [-0.15, -0.1) is 0 Å². The molecule has 0 N–H and O–H groups in total. The molecule has 0 spiro atoms. The van der Waals surface area contributed by atoms with E-state index in [2.05, 4.69) is 17.2 Å². The van der Waals surface area contributed by atoms with Gasteiger partial charge in [-0.1, -0.05) is 54.6 Å². The summed E-state index contributed by atoms with van der Waals surface area (Å²) in [6, 6.07) is 21.2. The zero-order valence-electron chi connectivity index (χ0n) is 18.5. The predicted molar refractivity (Wildman–Crippen MR) is 127 cm³/mol. The molecule has 33 heavy (non-hydrogen) atoms. The van der Waals surface area contributed by atoms with E-state index in [0.717, 1.165) is 22.0 Å². The van der Waals surface area contributed by atoms with Crippen LogP contribution in [0.5, 0.6) is 11.5 Å². The van der Waals surface area contributed by atoms with Crippen LogP contribution in [0.15, 0.2) is 79.0 Å². The largest absolute Gasteiger partial charge is 0.493 e. The maximum Gasteiger partial charge on any atom is 0.308 e. The molecule has 0 saturated carbocycles. The van der Waals surface area contributed by atoms with E-state index in [1.54, 1.807) is 24.3 Å². The van der Waals surface area contributed by atoms with Crippen LogP contribution in [0.2, 0.25) is 0 Å². The first-order chi connectivity index (χ1) is 16.0. The zero-order chi connectivity index (χ0) is 23.2. The summed E-state index contributed by atoms with van der Waals surface area (Å²) in [5.74, 6) is 0.289. The van der Waals surface area contributed by atoms with Crippen molar-refractivity contribution in [2.45, 2.75) is 19.9 Å². The third-order valence-electron chi connectivity index (χ3n) is 5.22. The molecule has 166 valence electrons. The molecule has 1 aromatic heterocycles. The van der Waals surface area contributed by atoms with Gasteiger partial charge in [-0.05, 0) is 41.0 Å². The first-order valence-electron chi connectivity index (χ1n) is 10.6. The van der Waals surface area contributed by atoms with Crippen molar-refractivity contribution in [3.05, 3.63) is 95.7 Å². The molecule has 0 fully saturated rings. The fraction of sp³-hybridized carbons (Fsp3) is 0.148. The third kappa shape index (κ3) is 5.36. The van der Waals surface area contributed by atoms with E-state index in [4.69, 9.17) is 9.47 Å². The summed E-state index contributed by atoms with van der Waals surface area (Å²) in [5.41, 5.74) is 3.82. The topological polar surface area (TPSA) is 70.4 Å². The van der Waals surface area contributed by atoms with E-state index in [1.165, 1.54) is 25.7 Å². The number of esters is 1. The summed E-state index contributed by atoms with van der Waals surface area (Å²) >= 11 is 0. The van der Waals surface area contributed by atoms with E-state index >= 15 is 0 Å². The average Bonchev–Trinajstić information content (AvgIpc) is 3.22. The molecule has 1 heterocycles. The van der Waals surface area contributed by atoms with Crippen LogP contribution < -0.4 is 9.47 Å². The van der Waals surface area contributed by atoms with Crippen molar-refractivity contribution >= 4 is 28.7 Å². The van der Waals surface area contributed by atoms with Crippen LogP contribution in [0.25, 0.3) is 17.0 Å². The molecule has 0 amide bonds. The number of carbonyl (C=O) groups is 2. The molecule has 0 unspecified atom stereocenters. The Morgan fingerprint density at radius 2 is 1.82 bits per heavy atom. The van der Waals surface area contributed by atoms with Gasteiger partial charge in [-0.25, -0.2) is 0 Å². The van der Waals surface area contributed by atoms with Gasteiger partial charge < -0.3 is 9.47 Å². The van der Waals surface area contributed by atoms with E-state index in [-0.39, 0.29) is 12.2 Å². The number of fused-ring (bicyclic) bond motifs is 1. The van der Waals surface area contributed by atoms with Crippen LogP contribution in [-0.4, -0.2) is 28.6 Å². The number of rotatable bonds is 8. The molecule has 0 aliphatic heterocycles. The van der Waals surface area contributed by atoms with Gasteiger partial charge in [0.15, 0.2) is 17.3 Å². The van der Waals surface area contributed by atoms with Crippen molar-refractivity contribution in [3.8, 4) is 11.5 Å². The second-order valence-electron chi connectivity index (χ2n) is 7.62. The minimum Gasteiger partial charge on any atom is -0.493 e. The highest BCUT2D eigenvalue weighted by atomic mass is 16.6. The van der Waals surface area contributed by atoms with Gasteiger partial charge in [-0.3, -0.25) is 14.3 Å². The van der Waals surface area contributed by atoms with Crippen LogP contribution in [0.3, 0.4) is 0 Å². The maximum atomic E-state index is 12.7. The molecule has 4 rings (SSSR count). The van der Waals surface area contributed by atoms with Crippen LogP contribution in [0.4, 0.5) is 0 Å². The van der Waals surface area contributed by atoms with Crippen molar-refractivity contribution in [1.82, 2.24) is 9.78 Å². The summed E-state index contributed by atoms with van der Waals surface area (Å²) in [4.78, 5) is 24.0. The van der Waals surface area contributed by atoms with Crippen molar-refractivity contribution in [1.29, 1.82) is 0 Å². The van der Waals surface area contributed by atoms with Crippen LogP contribution in [-0.2, 0) is 22.6 Å². The number of ether oxygens (including phenoxy) is 2. The molecule has 4 aromatic rings. The summed E-state index contributed by atoms with van der Waals surface area (Å²) in [7, 11) is 1.50. The molecular formula is C27H24N2O4. The zero-order valence-corrected chi connectivity index (χ0v) is 18.5. The summed E-state index contributed by atoms with van der Waals surface area (Å²) in [6.07, 6.45) is 5.32. The minimum absolute atomic E-state index is 0.0387. The minimum atomic E-state index is -0.439. The smallest absolute Gasteiger partial charge is 0.308 e. The molecule has 6 nitrogen and oxygen atoms in total. The number of carbonyl (C=O) groups excluding carboxylic acids is 2. The van der Waals surface area contributed by atoms with E-state index < -0.39 is 5.97 Å². The lowest BCUT2D eigenvalue weighted by Crippen LogP contribution is -2.03. The highest BCUT2D eigenvalue weighted by Crippen LogP contribution is 2.29. The quantitative estimate of drug-likeness (QED) is 0.223. The Balaban J connectivity index is 1.50. The van der Waals surface area contributed by atoms with Crippen molar-refractivity contribution in [2.75, 3.05) is 7.11 Å². The molecule has 0 radical (unpaired) electrons. The van der Waals surface area contributed by atoms with Crippen LogP contribution >= 0.6 is 0 Å². The Kier molecular flexibility index (Phi) is 6.64. The Hall–Kier alpha value is -4.19. The molecular weight excluding hydrogens is 416 g/mol. The number of hydrogen-bond acceptors (Lipinski definition) is 5. The van der Waals surface area contributed by atoms with Gasteiger partial charge in [0.25, 0.3) is 0 Å². The number of methoxy groups -OCH3 is 1. The first-order valence-corrected chi connectivity index (χ1v) is 10.6. The first kappa shape index (κ1) is 22.0. The molecule has 0 aliphatic rings. The number of hydrogen-bond donors (Lipinski definition) is 0. The van der Waals surface area contributed by atoms with Gasteiger partial charge in [0.2, 0.25) is 0 Å². The summed E-state index contributed by atoms with van der Waals surface area (Å²) in [6.45, 7) is 2.00. The molecule has 6 heteroatoms. The molecule has 0 saturated heterocycles. The predicted octanol–water partition coefficient (Wildman–Crippen LogP) is 4.84. The fourth-order valence-corrected chi connectivity index (χ4v) is 3.67. The molecule has 0 aliphatic carbocycles. The number of allylic oxidation sites excluding steroid dienone is 1. The van der Waals surface area contributed by atoms with Gasteiger partial charge in [0, 0.05) is 18.7 Å². The molecule has 0 bridgehead atoms. The van der Waals surface area contributed by atoms with Crippen molar-refractivity contribution in [2.24, 2.45) is 0 Å². The third-order valence-corrected chi connectivity index (χ3v) is 5.22. The Bertz CT molecular complexity index is 1320. The lowest BCUT2D eigenvalue weighted by Gasteiger charge is -2.08. The Morgan fingerprint density at radius 1 is 1.00 bits per heavy atom. The van der Waals surface area contributed by atoms with E-state index in [0.29, 0.717) is 18.0 Å². The number of aromatic nitrogens is 2. The lowest BCUT2D eigenvalue weighted by molar-refractivity contribution is -0.132. The number of nitrogens with zero attached hydrogens (tertiary/aromatic N) is 2. The van der Waals surface area contributed by atoms with Gasteiger partial charge >= 0.3 is 5.97 Å². The monoisotopic (exact) mass is 440 g/mol. The highest BCUT2D eigenvalue weighted by Gasteiger charge is 2.11. The molecule has 0 atom stereocenters. The van der Waals surface area contributed by atoms with Gasteiger partial charge in [0.05, 0.1) is 25.4 Å². The van der Waals surface area contributed by atoms with Crippen molar-refractivity contribution in [3.63, 3.8) is 0 Å². The lowest BCUT2D eigenvalue weighted by atomic mass is 10.0. The standard InChI is InChI=1S/C27H24N2O4/c1-19(30)33-27-15-20(12-14-26(27)32-2)11-13-23(31)16-22-9-6-10-25-24(22)17-28-29(25)18-21-7-4-3-5-8-21/h3-15,17H,16,18H2,1-2H3/b13-11+. The molecule has 3 aromatic carbocycles. The number of benzene rings is 3. The van der Waals surface area contributed by atoms with Gasteiger partial charge in [0.1, 0.15) is 0 Å². The second-order valence-corrected chi connectivity index (χ2v) is 7.62. The van der Waals surface area contributed by atoms with E-state index in [9.17, 15) is 9.59 Å². The number of ketones is 1. The van der Waals surface area contributed by atoms with Gasteiger partial charge in [-0.2, -0.15) is 5.10 Å². The maximum absolute atomic E-state index is 12.7. The average molecular weight is 440 g/mol. The Labute approximate surface area is 192 Å². The Morgan fingerprint density at radius 3 is 2.58 bits per heavy atom. The van der Waals surface area contributed by atoms with Crippen LogP contribution in [0.1, 0.15) is 23.6 Å². The van der Waals surface area contributed by atoms with Crippen molar-refractivity contribution < 1.29 is 19.1 Å². The highest BCUT2D eigenvalue weighted by molar-refractivity contribution is 5.97. The van der Waals surface area contributed by atoms with E-state index in [1.807, 2.05) is 47.3 Å². The van der Waals surface area contributed by atoms with Crippen LogP contribution in [0, 0.1) is 0 Å². The normalized spacial score (nSPS) is 11.1. The summed E-state index contributed by atoms with van der Waals surface area (Å²) in [5, 5.41) is 5.51. The SMILES string of the molecule is COc1ccc(/C=C/C(=O)Cc2cccc3c2cnn3Cc2ccccc2)cc1OC(C)=O. The second kappa shape index (κ2) is 9.96. The summed E-state index contributed by atoms with van der Waals surface area (Å²) < 4.78 is 12.3.